The summed E-state index contributed by atoms with van der Waals surface area (Å²) in [5.41, 5.74) is 3.71. The molecule has 146 valence electrons. The standard InChI is InChI=1S/C21H23N3O4/c1-3-12-18(23-20(26)17(19(12)25)21(27)28)11-6-7-14-13-5-4-8-24(2)10-16(13)22-15(14)9-11/h6-7,9,22H,3-5,8,10H2,1-2H3,(H,27,28)(H2,23,25,26). The first-order valence-corrected chi connectivity index (χ1v) is 9.44. The summed E-state index contributed by atoms with van der Waals surface area (Å²) in [7, 11) is 2.11. The SMILES string of the molecule is CCc1c(-c2ccc3c4c([nH]c3c2)CN(C)CCC4)[nH]c(=O)c(C(=O)O)c1O. The topological polar surface area (TPSA) is 109 Å². The van der Waals surface area contributed by atoms with E-state index in [0.717, 1.165) is 37.0 Å². The first-order valence-electron chi connectivity index (χ1n) is 9.44. The molecule has 2 aromatic heterocycles. The van der Waals surface area contributed by atoms with Crippen molar-refractivity contribution < 1.29 is 15.0 Å². The molecule has 0 radical (unpaired) electrons. The molecule has 4 rings (SSSR count). The molecule has 1 aromatic carbocycles. The lowest BCUT2D eigenvalue weighted by Gasteiger charge is -2.12. The van der Waals surface area contributed by atoms with Gasteiger partial charge in [-0.05, 0) is 44.5 Å². The Bertz CT molecular complexity index is 1140. The zero-order valence-corrected chi connectivity index (χ0v) is 15.9. The van der Waals surface area contributed by atoms with Crippen LogP contribution < -0.4 is 5.56 Å². The molecule has 0 bridgehead atoms. The van der Waals surface area contributed by atoms with Crippen molar-refractivity contribution in [1.82, 2.24) is 14.9 Å². The number of hydrogen-bond donors (Lipinski definition) is 4. The Balaban J connectivity index is 1.89. The van der Waals surface area contributed by atoms with E-state index >= 15 is 0 Å². The molecule has 0 atom stereocenters. The van der Waals surface area contributed by atoms with Gasteiger partial charge in [0, 0.05) is 34.3 Å². The number of rotatable bonds is 3. The Hall–Kier alpha value is -3.06. The van der Waals surface area contributed by atoms with Gasteiger partial charge >= 0.3 is 5.97 Å². The van der Waals surface area contributed by atoms with Gasteiger partial charge in [0.1, 0.15) is 5.75 Å². The second kappa shape index (κ2) is 6.83. The molecule has 28 heavy (non-hydrogen) atoms. The third-order valence-electron chi connectivity index (χ3n) is 5.54. The number of benzene rings is 1. The van der Waals surface area contributed by atoms with Crippen molar-refractivity contribution in [1.29, 1.82) is 0 Å². The van der Waals surface area contributed by atoms with Gasteiger partial charge in [0.15, 0.2) is 5.56 Å². The number of nitrogens with zero attached hydrogens (tertiary/aromatic N) is 1. The van der Waals surface area contributed by atoms with Gasteiger partial charge in [0.2, 0.25) is 0 Å². The van der Waals surface area contributed by atoms with Gasteiger partial charge in [-0.25, -0.2) is 4.79 Å². The molecule has 0 unspecified atom stereocenters. The van der Waals surface area contributed by atoms with E-state index in [4.69, 9.17) is 0 Å². The van der Waals surface area contributed by atoms with E-state index in [1.54, 1.807) is 0 Å². The number of aromatic hydroxyl groups is 1. The number of pyridine rings is 1. The van der Waals surface area contributed by atoms with E-state index in [-0.39, 0.29) is 0 Å². The predicted molar refractivity (Wildman–Crippen MR) is 107 cm³/mol. The summed E-state index contributed by atoms with van der Waals surface area (Å²) in [6.45, 7) is 3.75. The van der Waals surface area contributed by atoms with Crippen LogP contribution in [-0.4, -0.2) is 44.6 Å². The van der Waals surface area contributed by atoms with Gasteiger partial charge in [-0.3, -0.25) is 4.79 Å². The van der Waals surface area contributed by atoms with Crippen molar-refractivity contribution in [2.24, 2.45) is 0 Å². The van der Waals surface area contributed by atoms with Crippen LogP contribution in [0.3, 0.4) is 0 Å². The van der Waals surface area contributed by atoms with Crippen LogP contribution in [0.2, 0.25) is 0 Å². The molecule has 3 aromatic rings. The number of nitrogens with one attached hydrogen (secondary N) is 2. The maximum Gasteiger partial charge on any atom is 0.345 e. The van der Waals surface area contributed by atoms with E-state index < -0.39 is 22.8 Å². The zero-order valence-electron chi connectivity index (χ0n) is 15.9. The number of carboxylic acid groups (broad SMARTS) is 1. The van der Waals surface area contributed by atoms with Crippen LogP contribution in [0.4, 0.5) is 0 Å². The van der Waals surface area contributed by atoms with E-state index in [1.807, 2.05) is 25.1 Å². The highest BCUT2D eigenvalue weighted by molar-refractivity contribution is 5.93. The maximum atomic E-state index is 12.2. The monoisotopic (exact) mass is 381 g/mol. The lowest BCUT2D eigenvalue weighted by molar-refractivity contribution is 0.0691. The van der Waals surface area contributed by atoms with Crippen molar-refractivity contribution in [3.05, 3.63) is 50.9 Å². The Labute approximate surface area is 161 Å². The predicted octanol–water partition coefficient (Wildman–Crippen LogP) is 2.87. The molecule has 0 saturated carbocycles. The van der Waals surface area contributed by atoms with Crippen molar-refractivity contribution in [3.8, 4) is 17.0 Å². The van der Waals surface area contributed by atoms with Crippen molar-refractivity contribution >= 4 is 16.9 Å². The van der Waals surface area contributed by atoms with Crippen molar-refractivity contribution in [2.45, 2.75) is 32.7 Å². The normalized spacial score (nSPS) is 14.8. The summed E-state index contributed by atoms with van der Waals surface area (Å²) in [4.78, 5) is 32.0. The lowest BCUT2D eigenvalue weighted by atomic mass is 9.98. The maximum absolute atomic E-state index is 12.2. The molecule has 0 amide bonds. The fourth-order valence-corrected chi connectivity index (χ4v) is 4.18. The molecule has 0 aliphatic carbocycles. The molecule has 0 fully saturated rings. The highest BCUT2D eigenvalue weighted by Gasteiger charge is 2.23. The summed E-state index contributed by atoms with van der Waals surface area (Å²) >= 11 is 0. The number of aryl methyl sites for hydroxylation is 1. The second-order valence-corrected chi connectivity index (χ2v) is 7.37. The van der Waals surface area contributed by atoms with Crippen LogP contribution in [-0.2, 0) is 19.4 Å². The molecule has 0 spiro atoms. The minimum Gasteiger partial charge on any atom is -0.506 e. The van der Waals surface area contributed by atoms with Crippen LogP contribution in [0.5, 0.6) is 5.75 Å². The van der Waals surface area contributed by atoms with Gasteiger partial charge in [-0.2, -0.15) is 0 Å². The zero-order chi connectivity index (χ0) is 20.0. The van der Waals surface area contributed by atoms with Gasteiger partial charge in [-0.1, -0.05) is 19.1 Å². The molecule has 1 aliphatic rings. The number of H-pyrrole nitrogens is 2. The highest BCUT2D eigenvalue weighted by atomic mass is 16.4. The third kappa shape index (κ3) is 2.88. The summed E-state index contributed by atoms with van der Waals surface area (Å²) in [6, 6.07) is 5.90. The molecule has 7 nitrogen and oxygen atoms in total. The number of carboxylic acids is 1. The number of aromatic amines is 2. The summed E-state index contributed by atoms with van der Waals surface area (Å²) in [5.74, 6) is -1.90. The van der Waals surface area contributed by atoms with Gasteiger partial charge in [0.25, 0.3) is 5.56 Å². The van der Waals surface area contributed by atoms with Crippen molar-refractivity contribution in [2.75, 3.05) is 13.6 Å². The van der Waals surface area contributed by atoms with E-state index in [1.165, 1.54) is 16.6 Å². The average molecular weight is 381 g/mol. The van der Waals surface area contributed by atoms with Gasteiger partial charge in [-0.15, -0.1) is 0 Å². The van der Waals surface area contributed by atoms with E-state index in [2.05, 4.69) is 21.9 Å². The number of aromatic nitrogens is 2. The van der Waals surface area contributed by atoms with Crippen LogP contribution in [0.15, 0.2) is 23.0 Å². The Kier molecular flexibility index (Phi) is 4.47. The van der Waals surface area contributed by atoms with E-state index in [9.17, 15) is 19.8 Å². The molecule has 0 saturated heterocycles. The number of hydrogen-bond acceptors (Lipinski definition) is 4. The van der Waals surface area contributed by atoms with Crippen LogP contribution in [0, 0.1) is 0 Å². The third-order valence-corrected chi connectivity index (χ3v) is 5.54. The first kappa shape index (κ1) is 18.3. The number of aromatic carboxylic acids is 1. The molecule has 3 heterocycles. The van der Waals surface area contributed by atoms with Gasteiger partial charge < -0.3 is 25.1 Å². The van der Waals surface area contributed by atoms with Crippen LogP contribution in [0.25, 0.3) is 22.2 Å². The van der Waals surface area contributed by atoms with Crippen molar-refractivity contribution in [3.63, 3.8) is 0 Å². The van der Waals surface area contributed by atoms with Crippen LogP contribution in [0.1, 0.15) is 40.5 Å². The molecule has 4 N–H and O–H groups in total. The molecule has 7 heteroatoms. The lowest BCUT2D eigenvalue weighted by Crippen LogP contribution is -2.20. The summed E-state index contributed by atoms with van der Waals surface area (Å²) in [6.07, 6.45) is 2.52. The molecular weight excluding hydrogens is 358 g/mol. The Morgan fingerprint density at radius 3 is 2.79 bits per heavy atom. The fourth-order valence-electron chi connectivity index (χ4n) is 4.18. The average Bonchev–Trinajstić information content (AvgIpc) is 2.86. The fraction of sp³-hybridized carbons (Fsp3) is 0.333. The van der Waals surface area contributed by atoms with E-state index in [0.29, 0.717) is 17.7 Å². The highest BCUT2D eigenvalue weighted by Crippen LogP contribution is 2.33. The Morgan fingerprint density at radius 2 is 2.07 bits per heavy atom. The largest absolute Gasteiger partial charge is 0.506 e. The second-order valence-electron chi connectivity index (χ2n) is 7.37. The molecular formula is C21H23N3O4. The summed E-state index contributed by atoms with van der Waals surface area (Å²) < 4.78 is 0. The van der Waals surface area contributed by atoms with Gasteiger partial charge in [0.05, 0.1) is 5.69 Å². The summed E-state index contributed by atoms with van der Waals surface area (Å²) in [5, 5.41) is 20.8. The number of fused-ring (bicyclic) bond motifs is 3. The quantitative estimate of drug-likeness (QED) is 0.558. The first-order chi connectivity index (χ1) is 13.4. The Morgan fingerprint density at radius 1 is 1.29 bits per heavy atom. The molecule has 1 aliphatic heterocycles. The minimum absolute atomic E-state index is 0.391. The smallest absolute Gasteiger partial charge is 0.345 e. The number of carbonyl (C=O) groups is 1. The van der Waals surface area contributed by atoms with Crippen LogP contribution >= 0.6 is 0 Å². The minimum atomic E-state index is -1.44.